The number of hydrogen-bond acceptors (Lipinski definition) is 2. The predicted octanol–water partition coefficient (Wildman–Crippen LogP) is 3.35. The van der Waals surface area contributed by atoms with Crippen molar-refractivity contribution in [3.63, 3.8) is 0 Å². The van der Waals surface area contributed by atoms with Gasteiger partial charge in [-0.15, -0.1) is 11.8 Å². The zero-order valence-electron chi connectivity index (χ0n) is 8.08. The van der Waals surface area contributed by atoms with Gasteiger partial charge in [0, 0.05) is 5.25 Å². The molecule has 1 fully saturated rings. The predicted molar refractivity (Wildman–Crippen MR) is 58.0 cm³/mol. The largest absolute Gasteiger partial charge is 0.377 e. The third-order valence-corrected chi connectivity index (χ3v) is 3.90. The first kappa shape index (κ1) is 9.60. The van der Waals surface area contributed by atoms with E-state index in [-0.39, 0.29) is 0 Å². The molecule has 0 aromatic carbocycles. The van der Waals surface area contributed by atoms with E-state index in [0.717, 1.165) is 6.61 Å². The first-order chi connectivity index (χ1) is 6.45. The second-order valence-electron chi connectivity index (χ2n) is 3.96. The SMILES string of the molecule is C1=CSC(COC2CCCCC2)C1. The molecule has 0 N–H and O–H groups in total. The molecule has 0 amide bonds. The van der Waals surface area contributed by atoms with Crippen molar-refractivity contribution in [2.45, 2.75) is 49.9 Å². The minimum absolute atomic E-state index is 0.579. The van der Waals surface area contributed by atoms with Gasteiger partial charge in [-0.25, -0.2) is 0 Å². The topological polar surface area (TPSA) is 9.23 Å². The van der Waals surface area contributed by atoms with Crippen LogP contribution in [0.15, 0.2) is 11.5 Å². The average Bonchev–Trinajstić information content (AvgIpc) is 2.69. The Morgan fingerprint density at radius 3 is 2.77 bits per heavy atom. The van der Waals surface area contributed by atoms with E-state index in [9.17, 15) is 0 Å². The molecule has 0 aromatic heterocycles. The zero-order valence-corrected chi connectivity index (χ0v) is 8.89. The van der Waals surface area contributed by atoms with Crippen LogP contribution in [0.25, 0.3) is 0 Å². The molecule has 74 valence electrons. The van der Waals surface area contributed by atoms with Crippen LogP contribution in [0.5, 0.6) is 0 Å². The van der Waals surface area contributed by atoms with Crippen LogP contribution in [-0.2, 0) is 4.74 Å². The van der Waals surface area contributed by atoms with Crippen LogP contribution in [0.3, 0.4) is 0 Å². The van der Waals surface area contributed by atoms with E-state index in [0.29, 0.717) is 11.4 Å². The van der Waals surface area contributed by atoms with Gasteiger partial charge in [0.25, 0.3) is 0 Å². The lowest BCUT2D eigenvalue weighted by molar-refractivity contribution is 0.0299. The number of hydrogen-bond donors (Lipinski definition) is 0. The molecule has 0 bridgehead atoms. The summed E-state index contributed by atoms with van der Waals surface area (Å²) in [5.74, 6) is 0. The Labute approximate surface area is 84.9 Å². The summed E-state index contributed by atoms with van der Waals surface area (Å²) < 4.78 is 5.91. The molecule has 2 heteroatoms. The van der Waals surface area contributed by atoms with Gasteiger partial charge in [-0.2, -0.15) is 0 Å². The van der Waals surface area contributed by atoms with Crippen LogP contribution in [0.1, 0.15) is 38.5 Å². The summed E-state index contributed by atoms with van der Waals surface area (Å²) in [5, 5.41) is 2.91. The lowest BCUT2D eigenvalue weighted by Gasteiger charge is -2.23. The van der Waals surface area contributed by atoms with Crippen molar-refractivity contribution < 1.29 is 4.74 Å². The maximum absolute atomic E-state index is 5.91. The number of rotatable bonds is 3. The summed E-state index contributed by atoms with van der Waals surface area (Å²) in [7, 11) is 0. The van der Waals surface area contributed by atoms with E-state index in [1.54, 1.807) is 0 Å². The number of thioether (sulfide) groups is 1. The van der Waals surface area contributed by atoms with Gasteiger partial charge < -0.3 is 4.74 Å². The Balaban J connectivity index is 1.61. The number of allylic oxidation sites excluding steroid dienone is 1. The van der Waals surface area contributed by atoms with Crippen molar-refractivity contribution in [3.8, 4) is 0 Å². The molecular formula is C11H18OS. The van der Waals surface area contributed by atoms with E-state index in [2.05, 4.69) is 11.5 Å². The number of ether oxygens (including phenoxy) is 1. The van der Waals surface area contributed by atoms with E-state index in [4.69, 9.17) is 4.74 Å². The lowest BCUT2D eigenvalue weighted by Crippen LogP contribution is -2.21. The molecule has 1 saturated carbocycles. The van der Waals surface area contributed by atoms with Crippen LogP contribution in [0, 0.1) is 0 Å². The molecule has 0 saturated heterocycles. The van der Waals surface area contributed by atoms with Crippen molar-refractivity contribution in [2.75, 3.05) is 6.61 Å². The fraction of sp³-hybridized carbons (Fsp3) is 0.818. The third-order valence-electron chi connectivity index (χ3n) is 2.84. The van der Waals surface area contributed by atoms with E-state index in [1.807, 2.05) is 11.8 Å². The summed E-state index contributed by atoms with van der Waals surface area (Å²) in [6.07, 6.45) is 10.8. The van der Waals surface area contributed by atoms with E-state index >= 15 is 0 Å². The second-order valence-corrected chi connectivity index (χ2v) is 5.17. The Kier molecular flexibility index (Phi) is 3.74. The van der Waals surface area contributed by atoms with Gasteiger partial charge in [0.2, 0.25) is 0 Å². The zero-order chi connectivity index (χ0) is 8.93. The first-order valence-electron chi connectivity index (χ1n) is 5.37. The van der Waals surface area contributed by atoms with Crippen LogP contribution in [0.4, 0.5) is 0 Å². The molecule has 13 heavy (non-hydrogen) atoms. The molecule has 0 radical (unpaired) electrons. The van der Waals surface area contributed by atoms with Crippen molar-refractivity contribution in [2.24, 2.45) is 0 Å². The van der Waals surface area contributed by atoms with Gasteiger partial charge in [-0.05, 0) is 24.7 Å². The molecule has 0 aromatic rings. The van der Waals surface area contributed by atoms with E-state index in [1.165, 1.54) is 38.5 Å². The molecule has 2 rings (SSSR count). The first-order valence-corrected chi connectivity index (χ1v) is 6.31. The highest BCUT2D eigenvalue weighted by Crippen LogP contribution is 2.26. The summed E-state index contributed by atoms with van der Waals surface area (Å²) >= 11 is 1.93. The fourth-order valence-corrected chi connectivity index (χ4v) is 2.84. The molecule has 1 heterocycles. The van der Waals surface area contributed by atoms with Gasteiger partial charge in [0.15, 0.2) is 0 Å². The van der Waals surface area contributed by atoms with Crippen LogP contribution < -0.4 is 0 Å². The smallest absolute Gasteiger partial charge is 0.0595 e. The molecule has 1 aliphatic heterocycles. The van der Waals surface area contributed by atoms with Crippen LogP contribution in [0.2, 0.25) is 0 Å². The third kappa shape index (κ3) is 3.03. The maximum atomic E-state index is 5.91. The average molecular weight is 198 g/mol. The molecule has 0 spiro atoms. The van der Waals surface area contributed by atoms with Gasteiger partial charge in [-0.3, -0.25) is 0 Å². The molecule has 2 aliphatic rings. The monoisotopic (exact) mass is 198 g/mol. The van der Waals surface area contributed by atoms with E-state index < -0.39 is 0 Å². The quantitative estimate of drug-likeness (QED) is 0.687. The Bertz CT molecular complexity index is 165. The molecule has 1 atom stereocenters. The highest BCUT2D eigenvalue weighted by Gasteiger charge is 2.17. The van der Waals surface area contributed by atoms with Gasteiger partial charge in [0.1, 0.15) is 0 Å². The highest BCUT2D eigenvalue weighted by atomic mass is 32.2. The highest BCUT2D eigenvalue weighted by molar-refractivity contribution is 8.03. The van der Waals surface area contributed by atoms with Gasteiger partial charge in [0.05, 0.1) is 12.7 Å². The molecule has 1 unspecified atom stereocenters. The van der Waals surface area contributed by atoms with Crippen molar-refractivity contribution in [1.29, 1.82) is 0 Å². The normalized spacial score (nSPS) is 29.7. The van der Waals surface area contributed by atoms with Crippen LogP contribution >= 0.6 is 11.8 Å². The maximum Gasteiger partial charge on any atom is 0.0595 e. The van der Waals surface area contributed by atoms with Gasteiger partial charge >= 0.3 is 0 Å². The minimum Gasteiger partial charge on any atom is -0.377 e. The molecular weight excluding hydrogens is 180 g/mol. The van der Waals surface area contributed by atoms with Gasteiger partial charge in [-0.1, -0.05) is 25.3 Å². The fourth-order valence-electron chi connectivity index (χ4n) is 2.01. The van der Waals surface area contributed by atoms with Crippen molar-refractivity contribution in [3.05, 3.63) is 11.5 Å². The Hall–Kier alpha value is 0.0500. The summed E-state index contributed by atoms with van der Waals surface area (Å²) in [5.41, 5.74) is 0. The summed E-state index contributed by atoms with van der Waals surface area (Å²) in [6.45, 7) is 0.961. The van der Waals surface area contributed by atoms with Crippen molar-refractivity contribution >= 4 is 11.8 Å². The standard InChI is InChI=1S/C11H18OS/c1-2-5-10(6-3-1)12-9-11-7-4-8-13-11/h4,8,10-11H,1-3,5-7,9H2. The molecule has 1 aliphatic carbocycles. The van der Waals surface area contributed by atoms with Crippen molar-refractivity contribution in [1.82, 2.24) is 0 Å². The Morgan fingerprint density at radius 2 is 2.08 bits per heavy atom. The second kappa shape index (κ2) is 5.06. The molecule has 1 nitrogen and oxygen atoms in total. The van der Waals surface area contributed by atoms with Crippen LogP contribution in [-0.4, -0.2) is 18.0 Å². The Morgan fingerprint density at radius 1 is 1.23 bits per heavy atom. The minimum atomic E-state index is 0.579. The lowest BCUT2D eigenvalue weighted by atomic mass is 9.98. The summed E-state index contributed by atoms with van der Waals surface area (Å²) in [4.78, 5) is 0. The summed E-state index contributed by atoms with van der Waals surface area (Å²) in [6, 6.07) is 0.